The fraction of sp³-hybridized carbons (Fsp3) is 0.269. The number of amides is 1. The van der Waals surface area contributed by atoms with Gasteiger partial charge in [-0.3, -0.25) is 14.5 Å². The molecule has 0 unspecified atom stereocenters. The van der Waals surface area contributed by atoms with Crippen molar-refractivity contribution in [1.29, 1.82) is 0 Å². The highest BCUT2D eigenvalue weighted by atomic mass is 16.4. The molecule has 2 heterocycles. The van der Waals surface area contributed by atoms with E-state index in [-0.39, 0.29) is 5.56 Å². The van der Waals surface area contributed by atoms with Gasteiger partial charge in [0.25, 0.3) is 11.7 Å². The van der Waals surface area contributed by atoms with E-state index in [9.17, 15) is 14.4 Å². The Morgan fingerprint density at radius 1 is 0.939 bits per heavy atom. The van der Waals surface area contributed by atoms with E-state index in [1.807, 2.05) is 43.3 Å². The fourth-order valence-corrected chi connectivity index (χ4v) is 4.15. The van der Waals surface area contributed by atoms with Crippen molar-refractivity contribution in [2.45, 2.75) is 13.3 Å². The number of H-pyrrole nitrogens is 1. The highest BCUT2D eigenvalue weighted by Gasteiger charge is 2.28. The molecule has 1 amide bonds. The average molecular weight is 446 g/mol. The quantitative estimate of drug-likeness (QED) is 0.430. The molecule has 1 aliphatic rings. The van der Waals surface area contributed by atoms with Crippen LogP contribution in [0.3, 0.4) is 0 Å². The highest BCUT2D eigenvalue weighted by Crippen LogP contribution is 2.22. The van der Waals surface area contributed by atoms with E-state index in [0.717, 1.165) is 29.8 Å². The minimum Gasteiger partial charge on any atom is -0.478 e. The van der Waals surface area contributed by atoms with Gasteiger partial charge in [0, 0.05) is 49.7 Å². The summed E-state index contributed by atoms with van der Waals surface area (Å²) >= 11 is 0. The van der Waals surface area contributed by atoms with Crippen molar-refractivity contribution in [3.63, 3.8) is 0 Å². The molecule has 0 aliphatic carbocycles. The van der Waals surface area contributed by atoms with Gasteiger partial charge in [-0.15, -0.1) is 0 Å². The molecule has 0 spiro atoms. The molecule has 3 aromatic rings. The smallest absolute Gasteiger partial charge is 0.335 e. The molecule has 7 nitrogen and oxygen atoms in total. The molecular weight excluding hydrogens is 418 g/mol. The molecule has 0 atom stereocenters. The van der Waals surface area contributed by atoms with Crippen LogP contribution in [0.15, 0.2) is 60.7 Å². The molecule has 2 aromatic carbocycles. The summed E-state index contributed by atoms with van der Waals surface area (Å²) in [5.41, 5.74) is 4.15. The van der Waals surface area contributed by atoms with Gasteiger partial charge in [-0.1, -0.05) is 42.5 Å². The van der Waals surface area contributed by atoms with Crippen LogP contribution in [0.1, 0.15) is 32.0 Å². The molecule has 1 aliphatic heterocycles. The topological polar surface area (TPSA) is 93.7 Å². The number of aromatic carboxylic acids is 1. The predicted octanol–water partition coefficient (Wildman–Crippen LogP) is 3.26. The van der Waals surface area contributed by atoms with E-state index in [0.29, 0.717) is 37.4 Å². The molecule has 4 rings (SSSR count). The van der Waals surface area contributed by atoms with Crippen LogP contribution in [0.4, 0.5) is 0 Å². The summed E-state index contributed by atoms with van der Waals surface area (Å²) in [6.45, 7) is 4.93. The van der Waals surface area contributed by atoms with Crippen LogP contribution in [0, 0.1) is 6.92 Å². The van der Waals surface area contributed by atoms with Gasteiger partial charge < -0.3 is 15.0 Å². The Bertz CT molecular complexity index is 1160. The number of aryl methyl sites for hydroxylation is 1. The molecule has 0 bridgehead atoms. The first-order valence-corrected chi connectivity index (χ1v) is 11.1. The maximum atomic E-state index is 12.9. The molecule has 170 valence electrons. The summed E-state index contributed by atoms with van der Waals surface area (Å²) in [7, 11) is 0. The maximum absolute atomic E-state index is 12.9. The van der Waals surface area contributed by atoms with E-state index < -0.39 is 17.7 Å². The van der Waals surface area contributed by atoms with Crippen LogP contribution in [-0.4, -0.2) is 70.3 Å². The lowest BCUT2D eigenvalue weighted by molar-refractivity contribution is -0.128. The number of carboxylic acids is 1. The molecular formula is C26H27N3O4. The Morgan fingerprint density at radius 2 is 1.67 bits per heavy atom. The number of benzene rings is 2. The molecule has 1 fully saturated rings. The largest absolute Gasteiger partial charge is 0.478 e. The Hall–Kier alpha value is -3.71. The number of Topliss-reactive ketones (excluding diaryl/α,β-unsaturated/α-hetero) is 1. The second-order valence-corrected chi connectivity index (χ2v) is 8.31. The normalized spacial score (nSPS) is 14.3. The molecule has 1 saturated heterocycles. The van der Waals surface area contributed by atoms with E-state index in [1.165, 1.54) is 0 Å². The third-order valence-electron chi connectivity index (χ3n) is 6.09. The van der Waals surface area contributed by atoms with E-state index in [2.05, 4.69) is 9.88 Å². The van der Waals surface area contributed by atoms with Gasteiger partial charge in [0.15, 0.2) is 0 Å². The number of carbonyl (C=O) groups is 3. The van der Waals surface area contributed by atoms with E-state index in [4.69, 9.17) is 5.11 Å². The Morgan fingerprint density at radius 3 is 2.36 bits per heavy atom. The summed E-state index contributed by atoms with van der Waals surface area (Å²) in [4.78, 5) is 44.0. The van der Waals surface area contributed by atoms with Crippen LogP contribution in [0.5, 0.6) is 0 Å². The van der Waals surface area contributed by atoms with Gasteiger partial charge in [0.1, 0.15) is 0 Å². The van der Waals surface area contributed by atoms with Crippen molar-refractivity contribution >= 4 is 17.7 Å². The van der Waals surface area contributed by atoms with Crippen molar-refractivity contribution in [2.24, 2.45) is 0 Å². The first-order valence-electron chi connectivity index (χ1n) is 11.1. The molecule has 0 radical (unpaired) electrons. The van der Waals surface area contributed by atoms with Crippen LogP contribution in [0.25, 0.3) is 11.3 Å². The average Bonchev–Trinajstić information content (AvgIpc) is 3.24. The Kier molecular flexibility index (Phi) is 6.70. The number of ketones is 1. The zero-order valence-corrected chi connectivity index (χ0v) is 18.6. The molecule has 1 aromatic heterocycles. The van der Waals surface area contributed by atoms with Gasteiger partial charge in [0.05, 0.1) is 5.56 Å². The lowest BCUT2D eigenvalue weighted by Crippen LogP contribution is -2.50. The van der Waals surface area contributed by atoms with Gasteiger partial charge >= 0.3 is 5.97 Å². The first-order chi connectivity index (χ1) is 15.9. The van der Waals surface area contributed by atoms with Gasteiger partial charge in [-0.25, -0.2) is 4.79 Å². The van der Waals surface area contributed by atoms with Crippen LogP contribution < -0.4 is 0 Å². The SMILES string of the molecule is Cc1[nH]c(-c2ccccc2)cc1C(=O)C(=O)N1CCN(CCc2cccc(C(=O)O)c2)CC1. The fourth-order valence-electron chi connectivity index (χ4n) is 4.15. The summed E-state index contributed by atoms with van der Waals surface area (Å²) in [6, 6.07) is 18.4. The first kappa shape index (κ1) is 22.5. The Labute approximate surface area is 192 Å². The standard InChI is InChI=1S/C26H27N3O4/c1-18-22(17-23(27-18)20-7-3-2-4-8-20)24(30)25(31)29-14-12-28(13-15-29)11-10-19-6-5-9-21(16-19)26(32)33/h2-9,16-17,27H,10-15H2,1H3,(H,32,33). The molecule has 33 heavy (non-hydrogen) atoms. The van der Waals surface area contributed by atoms with Gasteiger partial charge in [-0.05, 0) is 42.7 Å². The third kappa shape index (κ3) is 5.21. The van der Waals surface area contributed by atoms with Crippen molar-refractivity contribution in [1.82, 2.24) is 14.8 Å². The minimum atomic E-state index is -0.929. The molecule has 2 N–H and O–H groups in total. The molecule has 0 saturated carbocycles. The number of hydrogen-bond donors (Lipinski definition) is 2. The maximum Gasteiger partial charge on any atom is 0.335 e. The number of nitrogens with zero attached hydrogens (tertiary/aromatic N) is 2. The third-order valence-corrected chi connectivity index (χ3v) is 6.09. The summed E-state index contributed by atoms with van der Waals surface area (Å²) in [6.07, 6.45) is 0.735. The number of aromatic amines is 1. The number of piperazine rings is 1. The van der Waals surface area contributed by atoms with E-state index >= 15 is 0 Å². The van der Waals surface area contributed by atoms with Crippen molar-refractivity contribution in [2.75, 3.05) is 32.7 Å². The van der Waals surface area contributed by atoms with Gasteiger partial charge in [0.2, 0.25) is 0 Å². The zero-order valence-electron chi connectivity index (χ0n) is 18.6. The number of carbonyl (C=O) groups excluding carboxylic acids is 2. The second kappa shape index (κ2) is 9.83. The summed E-state index contributed by atoms with van der Waals surface area (Å²) < 4.78 is 0. The number of aromatic nitrogens is 1. The number of carboxylic acid groups (broad SMARTS) is 1. The van der Waals surface area contributed by atoms with E-state index in [1.54, 1.807) is 29.2 Å². The Balaban J connectivity index is 1.32. The van der Waals surface area contributed by atoms with Gasteiger partial charge in [-0.2, -0.15) is 0 Å². The highest BCUT2D eigenvalue weighted by molar-refractivity contribution is 6.43. The monoisotopic (exact) mass is 445 g/mol. The summed E-state index contributed by atoms with van der Waals surface area (Å²) in [5.74, 6) is -1.88. The van der Waals surface area contributed by atoms with Crippen molar-refractivity contribution in [3.05, 3.63) is 83.0 Å². The van der Waals surface area contributed by atoms with Crippen molar-refractivity contribution in [3.8, 4) is 11.3 Å². The minimum absolute atomic E-state index is 0.289. The van der Waals surface area contributed by atoms with Crippen LogP contribution >= 0.6 is 0 Å². The number of hydrogen-bond acceptors (Lipinski definition) is 4. The zero-order chi connectivity index (χ0) is 23.4. The predicted molar refractivity (Wildman–Crippen MR) is 125 cm³/mol. The lowest BCUT2D eigenvalue weighted by atomic mass is 10.1. The number of nitrogens with one attached hydrogen (secondary N) is 1. The van der Waals surface area contributed by atoms with Crippen LogP contribution in [-0.2, 0) is 11.2 Å². The molecule has 7 heteroatoms. The van der Waals surface area contributed by atoms with Crippen molar-refractivity contribution < 1.29 is 19.5 Å². The lowest BCUT2D eigenvalue weighted by Gasteiger charge is -2.34. The number of rotatable bonds is 7. The van der Waals surface area contributed by atoms with Crippen LogP contribution in [0.2, 0.25) is 0 Å². The second-order valence-electron chi connectivity index (χ2n) is 8.31. The summed E-state index contributed by atoms with van der Waals surface area (Å²) in [5, 5.41) is 9.13.